The Balaban J connectivity index is 1.97. The van der Waals surface area contributed by atoms with Crippen molar-refractivity contribution in [3.63, 3.8) is 0 Å². The lowest BCUT2D eigenvalue weighted by atomic mass is 10.1. The maximum absolute atomic E-state index is 12.3. The van der Waals surface area contributed by atoms with E-state index in [4.69, 9.17) is 5.14 Å². The Morgan fingerprint density at radius 2 is 1.88 bits per heavy atom. The molecule has 2 rings (SSSR count). The minimum atomic E-state index is -3.85. The lowest BCUT2D eigenvalue weighted by molar-refractivity contribution is -0.115. The SMILES string of the molecule is Cc1ccc(NC(=O)C(C)SCC(O)c2ccccc2)cc1S(N)(=O)=O. The molecule has 0 aliphatic rings. The second-order valence-corrected chi connectivity index (χ2v) is 8.82. The van der Waals surface area contributed by atoms with Gasteiger partial charge in [-0.05, 0) is 37.1 Å². The van der Waals surface area contributed by atoms with Crippen LogP contribution in [0.15, 0.2) is 53.4 Å². The minimum Gasteiger partial charge on any atom is -0.388 e. The number of nitrogens with two attached hydrogens (primary N) is 1. The Kier molecular flexibility index (Phi) is 6.82. The predicted molar refractivity (Wildman–Crippen MR) is 105 cm³/mol. The number of amides is 1. The van der Waals surface area contributed by atoms with Gasteiger partial charge in [-0.15, -0.1) is 11.8 Å². The van der Waals surface area contributed by atoms with Crippen LogP contribution in [0, 0.1) is 6.92 Å². The molecule has 8 heteroatoms. The van der Waals surface area contributed by atoms with E-state index in [0.717, 1.165) is 5.56 Å². The molecule has 2 unspecified atom stereocenters. The van der Waals surface area contributed by atoms with Crippen molar-refractivity contribution in [2.24, 2.45) is 5.14 Å². The van der Waals surface area contributed by atoms with E-state index in [0.29, 0.717) is 17.0 Å². The molecule has 1 amide bonds. The summed E-state index contributed by atoms with van der Waals surface area (Å²) in [4.78, 5) is 12.3. The molecule has 140 valence electrons. The number of aryl methyl sites for hydroxylation is 1. The monoisotopic (exact) mass is 394 g/mol. The van der Waals surface area contributed by atoms with Crippen molar-refractivity contribution < 1.29 is 18.3 Å². The number of hydrogen-bond acceptors (Lipinski definition) is 5. The fourth-order valence-electron chi connectivity index (χ4n) is 2.31. The highest BCUT2D eigenvalue weighted by molar-refractivity contribution is 8.00. The molecule has 2 aromatic rings. The van der Waals surface area contributed by atoms with E-state index in [1.165, 1.54) is 17.8 Å². The van der Waals surface area contributed by atoms with Crippen LogP contribution in [0.1, 0.15) is 24.2 Å². The van der Waals surface area contributed by atoms with E-state index < -0.39 is 21.4 Å². The third kappa shape index (κ3) is 5.57. The van der Waals surface area contributed by atoms with Crippen LogP contribution < -0.4 is 10.5 Å². The number of thioether (sulfide) groups is 1. The number of nitrogens with one attached hydrogen (secondary N) is 1. The third-order valence-electron chi connectivity index (χ3n) is 3.82. The number of aliphatic hydroxyl groups is 1. The number of anilines is 1. The molecule has 26 heavy (non-hydrogen) atoms. The summed E-state index contributed by atoms with van der Waals surface area (Å²) in [6, 6.07) is 13.8. The van der Waals surface area contributed by atoms with Gasteiger partial charge in [-0.1, -0.05) is 36.4 Å². The van der Waals surface area contributed by atoms with Gasteiger partial charge in [0.1, 0.15) is 0 Å². The summed E-state index contributed by atoms with van der Waals surface area (Å²) in [5.41, 5.74) is 1.67. The van der Waals surface area contributed by atoms with Crippen molar-refractivity contribution in [2.45, 2.75) is 30.1 Å². The predicted octanol–water partition coefficient (Wildman–Crippen LogP) is 2.44. The lowest BCUT2D eigenvalue weighted by Crippen LogP contribution is -2.24. The zero-order valence-electron chi connectivity index (χ0n) is 14.5. The summed E-state index contributed by atoms with van der Waals surface area (Å²) in [5.74, 6) is 0.0917. The quantitative estimate of drug-likeness (QED) is 0.668. The topological polar surface area (TPSA) is 109 Å². The van der Waals surface area contributed by atoms with Gasteiger partial charge in [-0.3, -0.25) is 4.79 Å². The lowest BCUT2D eigenvalue weighted by Gasteiger charge is -2.16. The number of benzene rings is 2. The van der Waals surface area contributed by atoms with Crippen molar-refractivity contribution in [2.75, 3.05) is 11.1 Å². The zero-order valence-corrected chi connectivity index (χ0v) is 16.2. The van der Waals surface area contributed by atoms with E-state index in [-0.39, 0.29) is 10.8 Å². The van der Waals surface area contributed by atoms with Gasteiger partial charge >= 0.3 is 0 Å². The van der Waals surface area contributed by atoms with Crippen LogP contribution in [0.25, 0.3) is 0 Å². The number of primary sulfonamides is 1. The first-order chi connectivity index (χ1) is 12.2. The molecular weight excluding hydrogens is 372 g/mol. The van der Waals surface area contributed by atoms with Crippen LogP contribution in [0.3, 0.4) is 0 Å². The highest BCUT2D eigenvalue weighted by Crippen LogP contribution is 2.23. The fraction of sp³-hybridized carbons (Fsp3) is 0.278. The standard InChI is InChI=1S/C18H22N2O4S2/c1-12-8-9-15(10-17(12)26(19,23)24)20-18(22)13(2)25-11-16(21)14-6-4-3-5-7-14/h3-10,13,16,21H,11H2,1-2H3,(H,20,22)(H2,19,23,24). The molecule has 0 fully saturated rings. The number of hydrogen-bond donors (Lipinski definition) is 3. The number of aliphatic hydroxyl groups excluding tert-OH is 1. The van der Waals surface area contributed by atoms with E-state index in [1.807, 2.05) is 30.3 Å². The number of sulfonamides is 1. The molecule has 0 aliphatic carbocycles. The van der Waals surface area contributed by atoms with Crippen LogP contribution in [0.5, 0.6) is 0 Å². The first kappa shape index (κ1) is 20.4. The summed E-state index contributed by atoms with van der Waals surface area (Å²) in [6.07, 6.45) is -0.662. The second-order valence-electron chi connectivity index (χ2n) is 5.92. The molecular formula is C18H22N2O4S2. The van der Waals surface area contributed by atoms with Crippen LogP contribution in [-0.4, -0.2) is 30.4 Å². The van der Waals surface area contributed by atoms with Crippen LogP contribution in [0.4, 0.5) is 5.69 Å². The number of rotatable bonds is 7. The van der Waals surface area contributed by atoms with Crippen LogP contribution in [-0.2, 0) is 14.8 Å². The van der Waals surface area contributed by atoms with E-state index >= 15 is 0 Å². The molecule has 4 N–H and O–H groups in total. The Hall–Kier alpha value is -1.87. The molecule has 0 radical (unpaired) electrons. The first-order valence-electron chi connectivity index (χ1n) is 7.97. The second kappa shape index (κ2) is 8.68. The van der Waals surface area contributed by atoms with Crippen molar-refractivity contribution in [3.05, 3.63) is 59.7 Å². The van der Waals surface area contributed by atoms with E-state index in [1.54, 1.807) is 26.0 Å². The third-order valence-corrected chi connectivity index (χ3v) is 6.10. The molecule has 2 atom stereocenters. The maximum Gasteiger partial charge on any atom is 0.238 e. The molecule has 0 bridgehead atoms. The average Bonchev–Trinajstić information content (AvgIpc) is 2.60. The number of carbonyl (C=O) groups is 1. The van der Waals surface area contributed by atoms with Crippen molar-refractivity contribution >= 4 is 33.4 Å². The summed E-state index contributed by atoms with van der Waals surface area (Å²) >= 11 is 1.31. The fourth-order valence-corrected chi connectivity index (χ4v) is 3.99. The molecule has 0 spiro atoms. The molecule has 0 aliphatic heterocycles. The zero-order chi connectivity index (χ0) is 19.3. The van der Waals surface area contributed by atoms with Gasteiger partial charge in [0.25, 0.3) is 0 Å². The maximum atomic E-state index is 12.3. The minimum absolute atomic E-state index is 0.0184. The highest BCUT2D eigenvalue weighted by atomic mass is 32.2. The van der Waals surface area contributed by atoms with E-state index in [9.17, 15) is 18.3 Å². The summed E-state index contributed by atoms with van der Waals surface area (Å²) < 4.78 is 23.1. The summed E-state index contributed by atoms with van der Waals surface area (Å²) in [5, 5.41) is 17.6. The molecule has 0 heterocycles. The van der Waals surface area contributed by atoms with Crippen LogP contribution >= 0.6 is 11.8 Å². The number of carbonyl (C=O) groups excluding carboxylic acids is 1. The molecule has 0 aromatic heterocycles. The van der Waals surface area contributed by atoms with E-state index in [2.05, 4.69) is 5.32 Å². The smallest absolute Gasteiger partial charge is 0.238 e. The Bertz CT molecular complexity index is 870. The normalized spacial score (nSPS) is 13.8. The molecule has 0 saturated carbocycles. The molecule has 6 nitrogen and oxygen atoms in total. The first-order valence-corrected chi connectivity index (χ1v) is 10.6. The molecule has 0 saturated heterocycles. The summed E-state index contributed by atoms with van der Waals surface area (Å²) in [6.45, 7) is 3.36. The Labute approximate surface area is 157 Å². The van der Waals surface area contributed by atoms with Gasteiger partial charge < -0.3 is 10.4 Å². The van der Waals surface area contributed by atoms with Gasteiger partial charge in [0.05, 0.1) is 16.2 Å². The van der Waals surface area contributed by atoms with Crippen molar-refractivity contribution in [3.8, 4) is 0 Å². The van der Waals surface area contributed by atoms with Crippen molar-refractivity contribution in [1.82, 2.24) is 0 Å². The van der Waals surface area contributed by atoms with Gasteiger partial charge in [-0.2, -0.15) is 0 Å². The Morgan fingerprint density at radius 3 is 2.50 bits per heavy atom. The van der Waals surface area contributed by atoms with Gasteiger partial charge in [-0.25, -0.2) is 13.6 Å². The summed E-state index contributed by atoms with van der Waals surface area (Å²) in [7, 11) is -3.85. The molecule has 2 aromatic carbocycles. The average molecular weight is 395 g/mol. The largest absolute Gasteiger partial charge is 0.388 e. The van der Waals surface area contributed by atoms with Crippen LogP contribution in [0.2, 0.25) is 0 Å². The van der Waals surface area contributed by atoms with Gasteiger partial charge in [0.15, 0.2) is 0 Å². The van der Waals surface area contributed by atoms with Gasteiger partial charge in [0.2, 0.25) is 15.9 Å². The van der Waals surface area contributed by atoms with Gasteiger partial charge in [0, 0.05) is 11.4 Å². The van der Waals surface area contributed by atoms with Crippen molar-refractivity contribution in [1.29, 1.82) is 0 Å². The Morgan fingerprint density at radius 1 is 1.23 bits per heavy atom. The highest BCUT2D eigenvalue weighted by Gasteiger charge is 2.18.